The van der Waals surface area contributed by atoms with E-state index in [-0.39, 0.29) is 18.3 Å². The Morgan fingerprint density at radius 2 is 1.77 bits per heavy atom. The van der Waals surface area contributed by atoms with Crippen LogP contribution in [0.2, 0.25) is 0 Å². The fourth-order valence-electron chi connectivity index (χ4n) is 3.87. The smallest absolute Gasteiger partial charge is 0.275 e. The van der Waals surface area contributed by atoms with Gasteiger partial charge in [0.15, 0.2) is 11.5 Å². The number of fused-ring (bicyclic) bond motifs is 4. The molecule has 0 saturated carbocycles. The topological polar surface area (TPSA) is 74.0 Å². The van der Waals surface area contributed by atoms with E-state index in [4.69, 9.17) is 9.47 Å². The van der Waals surface area contributed by atoms with Crippen molar-refractivity contribution in [2.24, 2.45) is 0 Å². The zero-order chi connectivity index (χ0) is 20.5. The number of ether oxygens (including phenoxy) is 2. The van der Waals surface area contributed by atoms with E-state index < -0.39 is 0 Å². The van der Waals surface area contributed by atoms with Crippen LogP contribution in [0.15, 0.2) is 65.6 Å². The molecule has 2 aromatic carbocycles. The van der Waals surface area contributed by atoms with Crippen molar-refractivity contribution in [3.05, 3.63) is 76.7 Å². The van der Waals surface area contributed by atoms with Gasteiger partial charge in [0.2, 0.25) is 12.7 Å². The van der Waals surface area contributed by atoms with Crippen LogP contribution in [-0.4, -0.2) is 21.7 Å². The highest BCUT2D eigenvalue weighted by atomic mass is 16.7. The molecule has 1 aliphatic rings. The van der Waals surface area contributed by atoms with Crippen LogP contribution < -0.4 is 20.3 Å². The zero-order valence-corrected chi connectivity index (χ0v) is 16.3. The Hall–Kier alpha value is -3.74. The van der Waals surface area contributed by atoms with Gasteiger partial charge in [0.1, 0.15) is 5.52 Å². The number of hydrogen-bond acceptors (Lipinski definition) is 4. The lowest BCUT2D eigenvalue weighted by Gasteiger charge is -2.12. The van der Waals surface area contributed by atoms with Crippen molar-refractivity contribution >= 4 is 22.5 Å². The van der Waals surface area contributed by atoms with Crippen molar-refractivity contribution in [1.29, 1.82) is 0 Å². The Morgan fingerprint density at radius 1 is 0.967 bits per heavy atom. The minimum absolute atomic E-state index is 0.0422. The molecule has 0 aliphatic carbocycles. The number of carbonyl (C=O) groups excluding carboxylic acids is 1. The van der Waals surface area contributed by atoms with Crippen molar-refractivity contribution in [2.45, 2.75) is 25.9 Å². The molecule has 152 valence electrons. The summed E-state index contributed by atoms with van der Waals surface area (Å²) in [5.41, 5.74) is 3.39. The van der Waals surface area contributed by atoms with E-state index in [1.165, 1.54) is 0 Å². The number of aromatic nitrogens is 2. The van der Waals surface area contributed by atoms with Crippen molar-refractivity contribution in [3.63, 3.8) is 0 Å². The number of amides is 1. The summed E-state index contributed by atoms with van der Waals surface area (Å²) < 4.78 is 14.3. The molecular weight excluding hydrogens is 382 g/mol. The molecule has 7 heteroatoms. The van der Waals surface area contributed by atoms with Gasteiger partial charge >= 0.3 is 0 Å². The molecule has 5 rings (SSSR count). The molecule has 2 aromatic heterocycles. The molecule has 0 radical (unpaired) electrons. The third-order valence-electron chi connectivity index (χ3n) is 5.36. The summed E-state index contributed by atoms with van der Waals surface area (Å²) in [5.74, 6) is 1.38. The fourth-order valence-corrected chi connectivity index (χ4v) is 3.87. The predicted molar refractivity (Wildman–Crippen MR) is 113 cm³/mol. The summed E-state index contributed by atoms with van der Waals surface area (Å²) in [6, 6.07) is 17.1. The van der Waals surface area contributed by atoms with Crippen LogP contribution in [-0.2, 0) is 17.9 Å². The predicted octanol–water partition coefficient (Wildman–Crippen LogP) is 3.08. The lowest BCUT2D eigenvalue weighted by atomic mass is 10.2. The van der Waals surface area contributed by atoms with E-state index >= 15 is 0 Å². The lowest BCUT2D eigenvalue weighted by molar-refractivity contribution is -0.121. The molecule has 0 atom stereocenters. The molecule has 30 heavy (non-hydrogen) atoms. The number of benzene rings is 2. The Bertz CT molecular complexity index is 1310. The van der Waals surface area contributed by atoms with Gasteiger partial charge in [-0.15, -0.1) is 0 Å². The first-order valence-corrected chi connectivity index (χ1v) is 9.94. The number of para-hydroxylation sites is 2. The second-order valence-corrected chi connectivity index (χ2v) is 7.28. The van der Waals surface area contributed by atoms with Gasteiger partial charge in [-0.2, -0.15) is 0 Å². The highest BCUT2D eigenvalue weighted by molar-refractivity contribution is 5.79. The first kappa shape index (κ1) is 18.3. The number of nitrogens with one attached hydrogen (secondary N) is 1. The lowest BCUT2D eigenvalue weighted by Crippen LogP contribution is -2.25. The molecule has 1 aliphatic heterocycles. The largest absolute Gasteiger partial charge is 0.454 e. The summed E-state index contributed by atoms with van der Waals surface area (Å²) in [5, 5.41) is 2.93. The fraction of sp³-hybridized carbons (Fsp3) is 0.217. The highest BCUT2D eigenvalue weighted by Gasteiger charge is 2.14. The van der Waals surface area contributed by atoms with E-state index in [0.717, 1.165) is 22.3 Å². The average Bonchev–Trinajstić information content (AvgIpc) is 3.44. The number of carbonyl (C=O) groups is 1. The van der Waals surface area contributed by atoms with Crippen LogP contribution >= 0.6 is 0 Å². The van der Waals surface area contributed by atoms with Gasteiger partial charge in [0.25, 0.3) is 5.56 Å². The molecule has 0 unspecified atom stereocenters. The minimum atomic E-state index is -0.0474. The van der Waals surface area contributed by atoms with Crippen LogP contribution in [0.1, 0.15) is 18.4 Å². The number of aryl methyl sites for hydroxylation is 1. The Kier molecular flexibility index (Phi) is 4.63. The third-order valence-corrected chi connectivity index (χ3v) is 5.36. The second-order valence-electron chi connectivity index (χ2n) is 7.28. The van der Waals surface area contributed by atoms with Crippen molar-refractivity contribution in [1.82, 2.24) is 14.3 Å². The molecule has 7 nitrogen and oxygen atoms in total. The summed E-state index contributed by atoms with van der Waals surface area (Å²) in [7, 11) is 0. The van der Waals surface area contributed by atoms with Crippen molar-refractivity contribution in [3.8, 4) is 11.5 Å². The first-order valence-electron chi connectivity index (χ1n) is 9.94. The molecule has 1 amide bonds. The van der Waals surface area contributed by atoms with Crippen LogP contribution in [0.5, 0.6) is 11.5 Å². The summed E-state index contributed by atoms with van der Waals surface area (Å²) in [4.78, 5) is 25.2. The van der Waals surface area contributed by atoms with Crippen molar-refractivity contribution in [2.75, 3.05) is 6.79 Å². The Balaban J connectivity index is 1.24. The minimum Gasteiger partial charge on any atom is -0.454 e. The molecule has 4 aromatic rings. The summed E-state index contributed by atoms with van der Waals surface area (Å²) in [6.07, 6.45) is 2.82. The van der Waals surface area contributed by atoms with Crippen LogP contribution in [0.25, 0.3) is 16.6 Å². The van der Waals surface area contributed by atoms with Crippen LogP contribution in [0, 0.1) is 0 Å². The summed E-state index contributed by atoms with van der Waals surface area (Å²) >= 11 is 0. The average molecular weight is 403 g/mol. The third kappa shape index (κ3) is 3.28. The van der Waals surface area contributed by atoms with Gasteiger partial charge in [-0.1, -0.05) is 18.2 Å². The van der Waals surface area contributed by atoms with Gasteiger partial charge in [-0.05, 0) is 48.4 Å². The number of rotatable bonds is 6. The van der Waals surface area contributed by atoms with E-state index in [0.29, 0.717) is 37.2 Å². The van der Waals surface area contributed by atoms with Crippen LogP contribution in [0.4, 0.5) is 0 Å². The molecule has 0 bridgehead atoms. The second kappa shape index (κ2) is 7.59. The maximum absolute atomic E-state index is 12.9. The van der Waals surface area contributed by atoms with Gasteiger partial charge in [-0.3, -0.25) is 9.59 Å². The zero-order valence-electron chi connectivity index (χ0n) is 16.3. The molecule has 0 fully saturated rings. The van der Waals surface area contributed by atoms with E-state index in [1.54, 1.807) is 4.57 Å². The molecule has 1 N–H and O–H groups in total. The number of hydrogen-bond donors (Lipinski definition) is 1. The molecule has 0 spiro atoms. The summed E-state index contributed by atoms with van der Waals surface area (Å²) in [6.45, 7) is 1.14. The Morgan fingerprint density at radius 3 is 2.67 bits per heavy atom. The molecule has 0 saturated heterocycles. The maximum atomic E-state index is 12.9. The van der Waals surface area contributed by atoms with Gasteiger partial charge in [0, 0.05) is 25.7 Å². The van der Waals surface area contributed by atoms with E-state index in [1.807, 2.05) is 65.2 Å². The van der Waals surface area contributed by atoms with Crippen molar-refractivity contribution < 1.29 is 14.3 Å². The molecule has 3 heterocycles. The Labute approximate surface area is 172 Å². The highest BCUT2D eigenvalue weighted by Crippen LogP contribution is 2.32. The van der Waals surface area contributed by atoms with E-state index in [2.05, 4.69) is 5.32 Å². The quantitative estimate of drug-likeness (QED) is 0.537. The maximum Gasteiger partial charge on any atom is 0.275 e. The monoisotopic (exact) mass is 403 g/mol. The normalized spacial score (nSPS) is 12.5. The van der Waals surface area contributed by atoms with Crippen LogP contribution in [0.3, 0.4) is 0 Å². The SMILES string of the molecule is O=C(CCCn1c(=O)c2cccn2c2ccccc21)NCc1ccc2c(c1)OCO2. The van der Waals surface area contributed by atoms with Gasteiger partial charge < -0.3 is 23.8 Å². The first-order chi connectivity index (χ1) is 14.7. The standard InChI is InChI=1S/C23H21N3O4/c27-22(24-14-16-9-10-20-21(13-16)30-15-29-20)8-4-12-26-18-6-2-1-5-17(18)25-11-3-7-19(25)23(26)28/h1-3,5-7,9-11,13H,4,8,12,14-15H2,(H,24,27). The van der Waals surface area contributed by atoms with Gasteiger partial charge in [0.05, 0.1) is 11.0 Å². The van der Waals surface area contributed by atoms with Gasteiger partial charge in [-0.25, -0.2) is 0 Å². The molecular formula is C23H21N3O4. The number of nitrogens with zero attached hydrogens (tertiary/aromatic N) is 2. The van der Waals surface area contributed by atoms with E-state index in [9.17, 15) is 9.59 Å².